The van der Waals surface area contributed by atoms with Gasteiger partial charge in [0.25, 0.3) is 0 Å². The summed E-state index contributed by atoms with van der Waals surface area (Å²) in [5.74, 6) is 5.09. The lowest BCUT2D eigenvalue weighted by Gasteiger charge is -2.11. The summed E-state index contributed by atoms with van der Waals surface area (Å²) in [6.45, 7) is 1.85. The number of benzene rings is 1. The van der Waals surface area contributed by atoms with E-state index < -0.39 is 0 Å². The molecule has 3 nitrogen and oxygen atoms in total. The molecule has 13 heavy (non-hydrogen) atoms. The van der Waals surface area contributed by atoms with Crippen LogP contribution in [-0.4, -0.2) is 7.11 Å². The lowest BCUT2D eigenvalue weighted by Crippen LogP contribution is -2.25. The summed E-state index contributed by atoms with van der Waals surface area (Å²) in [6.07, 6.45) is 0. The molecular formula is C9H13FN2O. The standard InChI is InChI=1S/C9H13FN2O/c1-6(12-11)7-3-4-9(13-2)8(10)5-7/h3-6,12H,11H2,1-2H3/t6-/m1/s1. The number of hydrogen-bond acceptors (Lipinski definition) is 3. The fourth-order valence-corrected chi connectivity index (χ4v) is 1.05. The van der Waals surface area contributed by atoms with E-state index in [1.807, 2.05) is 6.92 Å². The van der Waals surface area contributed by atoms with E-state index in [1.165, 1.54) is 13.2 Å². The Balaban J connectivity index is 2.95. The summed E-state index contributed by atoms with van der Waals surface area (Å²) in [7, 11) is 1.43. The van der Waals surface area contributed by atoms with Crippen molar-refractivity contribution in [3.8, 4) is 5.75 Å². The summed E-state index contributed by atoms with van der Waals surface area (Å²) < 4.78 is 17.9. The number of nitrogens with two attached hydrogens (primary N) is 1. The normalized spacial score (nSPS) is 12.6. The van der Waals surface area contributed by atoms with E-state index in [0.717, 1.165) is 5.56 Å². The molecule has 0 aliphatic carbocycles. The van der Waals surface area contributed by atoms with Crippen LogP contribution in [0, 0.1) is 5.82 Å². The molecular weight excluding hydrogens is 171 g/mol. The molecule has 0 spiro atoms. The average molecular weight is 184 g/mol. The van der Waals surface area contributed by atoms with Crippen molar-refractivity contribution in [2.75, 3.05) is 7.11 Å². The highest BCUT2D eigenvalue weighted by molar-refractivity contribution is 5.30. The fourth-order valence-electron chi connectivity index (χ4n) is 1.05. The molecule has 0 radical (unpaired) electrons. The van der Waals surface area contributed by atoms with Crippen LogP contribution >= 0.6 is 0 Å². The predicted octanol–water partition coefficient (Wildman–Crippen LogP) is 1.36. The molecule has 0 aliphatic rings. The zero-order valence-corrected chi connectivity index (χ0v) is 7.67. The van der Waals surface area contributed by atoms with Crippen LogP contribution < -0.4 is 16.0 Å². The van der Waals surface area contributed by atoms with Gasteiger partial charge in [-0.3, -0.25) is 11.3 Å². The van der Waals surface area contributed by atoms with Crippen LogP contribution in [-0.2, 0) is 0 Å². The third kappa shape index (κ3) is 2.17. The Hall–Kier alpha value is -1.13. The number of nitrogens with one attached hydrogen (secondary N) is 1. The van der Waals surface area contributed by atoms with Gasteiger partial charge in [-0.2, -0.15) is 0 Å². The Morgan fingerprint density at radius 2 is 2.23 bits per heavy atom. The van der Waals surface area contributed by atoms with Gasteiger partial charge < -0.3 is 4.74 Å². The van der Waals surface area contributed by atoms with E-state index in [0.29, 0.717) is 0 Å². The largest absolute Gasteiger partial charge is 0.494 e. The Bertz CT molecular complexity index is 291. The second-order valence-corrected chi connectivity index (χ2v) is 2.78. The smallest absolute Gasteiger partial charge is 0.165 e. The highest BCUT2D eigenvalue weighted by Gasteiger charge is 2.07. The summed E-state index contributed by atoms with van der Waals surface area (Å²) in [5.41, 5.74) is 3.33. The Morgan fingerprint density at radius 1 is 1.54 bits per heavy atom. The maximum Gasteiger partial charge on any atom is 0.165 e. The molecule has 0 aliphatic heterocycles. The molecule has 0 fully saturated rings. The van der Waals surface area contributed by atoms with Gasteiger partial charge in [0.2, 0.25) is 0 Å². The molecule has 0 saturated carbocycles. The molecule has 0 aromatic heterocycles. The predicted molar refractivity (Wildman–Crippen MR) is 48.7 cm³/mol. The van der Waals surface area contributed by atoms with Gasteiger partial charge in [0, 0.05) is 6.04 Å². The summed E-state index contributed by atoms with van der Waals surface area (Å²) in [4.78, 5) is 0. The van der Waals surface area contributed by atoms with Gasteiger partial charge in [-0.15, -0.1) is 0 Å². The van der Waals surface area contributed by atoms with E-state index in [9.17, 15) is 4.39 Å². The Kier molecular flexibility index (Phi) is 3.22. The summed E-state index contributed by atoms with van der Waals surface area (Å²) in [6, 6.07) is 4.69. The maximum atomic E-state index is 13.2. The zero-order chi connectivity index (χ0) is 9.84. The maximum absolute atomic E-state index is 13.2. The molecule has 1 atom stereocenters. The fraction of sp³-hybridized carbons (Fsp3) is 0.333. The van der Waals surface area contributed by atoms with Crippen molar-refractivity contribution < 1.29 is 9.13 Å². The minimum atomic E-state index is -0.373. The first-order chi connectivity index (χ1) is 6.19. The number of rotatable bonds is 3. The van der Waals surface area contributed by atoms with Gasteiger partial charge in [-0.05, 0) is 24.6 Å². The number of ether oxygens (including phenoxy) is 1. The molecule has 0 amide bonds. The van der Waals surface area contributed by atoms with Crippen molar-refractivity contribution in [3.05, 3.63) is 29.6 Å². The Labute approximate surface area is 76.7 Å². The monoisotopic (exact) mass is 184 g/mol. The highest BCUT2D eigenvalue weighted by Crippen LogP contribution is 2.20. The quantitative estimate of drug-likeness (QED) is 0.550. The van der Waals surface area contributed by atoms with Gasteiger partial charge in [0.15, 0.2) is 11.6 Å². The summed E-state index contributed by atoms with van der Waals surface area (Å²) in [5, 5.41) is 0. The average Bonchev–Trinajstić information content (AvgIpc) is 2.16. The van der Waals surface area contributed by atoms with Crippen LogP contribution in [0.5, 0.6) is 5.75 Å². The lowest BCUT2D eigenvalue weighted by atomic mass is 10.1. The molecule has 0 heterocycles. The van der Waals surface area contributed by atoms with Gasteiger partial charge in [-0.1, -0.05) is 6.07 Å². The molecule has 1 rings (SSSR count). The van der Waals surface area contributed by atoms with Crippen LogP contribution in [0.2, 0.25) is 0 Å². The van der Waals surface area contributed by atoms with E-state index in [1.54, 1.807) is 12.1 Å². The van der Waals surface area contributed by atoms with Crippen LogP contribution in [0.1, 0.15) is 18.5 Å². The molecule has 1 aromatic carbocycles. The van der Waals surface area contributed by atoms with Gasteiger partial charge >= 0.3 is 0 Å². The highest BCUT2D eigenvalue weighted by atomic mass is 19.1. The van der Waals surface area contributed by atoms with Crippen LogP contribution in [0.25, 0.3) is 0 Å². The van der Waals surface area contributed by atoms with Crippen LogP contribution in [0.3, 0.4) is 0 Å². The van der Waals surface area contributed by atoms with E-state index in [2.05, 4.69) is 5.43 Å². The third-order valence-electron chi connectivity index (χ3n) is 1.93. The first-order valence-corrected chi connectivity index (χ1v) is 3.98. The molecule has 3 N–H and O–H groups in total. The van der Waals surface area contributed by atoms with Gasteiger partial charge in [-0.25, -0.2) is 4.39 Å². The first-order valence-electron chi connectivity index (χ1n) is 3.98. The minimum absolute atomic E-state index is 0.0691. The van der Waals surface area contributed by atoms with Crippen LogP contribution in [0.15, 0.2) is 18.2 Å². The van der Waals surface area contributed by atoms with Crippen LogP contribution in [0.4, 0.5) is 4.39 Å². The minimum Gasteiger partial charge on any atom is -0.494 e. The SMILES string of the molecule is COc1ccc([C@@H](C)NN)cc1F. The van der Waals surface area contributed by atoms with Gasteiger partial charge in [0.1, 0.15) is 0 Å². The molecule has 0 unspecified atom stereocenters. The van der Waals surface area contributed by atoms with E-state index in [4.69, 9.17) is 10.6 Å². The number of halogens is 1. The van der Waals surface area contributed by atoms with Crippen molar-refractivity contribution in [2.45, 2.75) is 13.0 Å². The second kappa shape index (κ2) is 4.20. The molecule has 0 saturated heterocycles. The van der Waals surface area contributed by atoms with Crippen molar-refractivity contribution in [3.63, 3.8) is 0 Å². The molecule has 72 valence electrons. The number of hydrazine groups is 1. The summed E-state index contributed by atoms with van der Waals surface area (Å²) >= 11 is 0. The van der Waals surface area contributed by atoms with Crippen molar-refractivity contribution in [1.82, 2.24) is 5.43 Å². The van der Waals surface area contributed by atoms with E-state index >= 15 is 0 Å². The number of hydrogen-bond donors (Lipinski definition) is 2. The van der Waals surface area contributed by atoms with Gasteiger partial charge in [0.05, 0.1) is 7.11 Å². The first kappa shape index (κ1) is 9.95. The second-order valence-electron chi connectivity index (χ2n) is 2.78. The zero-order valence-electron chi connectivity index (χ0n) is 7.67. The topological polar surface area (TPSA) is 47.3 Å². The Morgan fingerprint density at radius 3 is 2.69 bits per heavy atom. The number of methoxy groups -OCH3 is 1. The van der Waals surface area contributed by atoms with E-state index in [-0.39, 0.29) is 17.6 Å². The molecule has 1 aromatic rings. The third-order valence-corrected chi connectivity index (χ3v) is 1.93. The van der Waals surface area contributed by atoms with Crippen molar-refractivity contribution in [1.29, 1.82) is 0 Å². The molecule has 4 heteroatoms. The lowest BCUT2D eigenvalue weighted by molar-refractivity contribution is 0.385. The van der Waals surface area contributed by atoms with Crippen molar-refractivity contribution >= 4 is 0 Å². The van der Waals surface area contributed by atoms with Crippen molar-refractivity contribution in [2.24, 2.45) is 5.84 Å². The molecule has 0 bridgehead atoms.